The lowest BCUT2D eigenvalue weighted by molar-refractivity contribution is -0.111. The number of thiazole rings is 1. The molecule has 1 unspecified atom stereocenters. The monoisotopic (exact) mass is 332 g/mol. The van der Waals surface area contributed by atoms with Crippen molar-refractivity contribution in [1.82, 2.24) is 19.9 Å². The summed E-state index contributed by atoms with van der Waals surface area (Å²) in [5.41, 5.74) is 1.07. The van der Waals surface area contributed by atoms with E-state index in [0.717, 1.165) is 30.2 Å². The van der Waals surface area contributed by atoms with Crippen LogP contribution in [0.4, 0.5) is 0 Å². The first kappa shape index (κ1) is 15.1. The minimum absolute atomic E-state index is 0.0779. The summed E-state index contributed by atoms with van der Waals surface area (Å²) in [7, 11) is 0. The molecular weight excluding hydrogens is 312 g/mol. The molecule has 4 heterocycles. The minimum Gasteiger partial charge on any atom is -0.349 e. The van der Waals surface area contributed by atoms with E-state index in [9.17, 15) is 0 Å². The molecule has 2 aromatic rings. The van der Waals surface area contributed by atoms with Crippen LogP contribution < -0.4 is 0 Å². The van der Waals surface area contributed by atoms with Crippen molar-refractivity contribution in [1.29, 1.82) is 0 Å². The first-order valence-corrected chi connectivity index (χ1v) is 8.97. The highest BCUT2D eigenvalue weighted by molar-refractivity contribution is 7.13. The first-order valence-electron chi connectivity index (χ1n) is 8.09. The summed E-state index contributed by atoms with van der Waals surface area (Å²) in [5, 5.41) is 2.98. The van der Waals surface area contributed by atoms with Crippen LogP contribution in [0.1, 0.15) is 25.0 Å². The van der Waals surface area contributed by atoms with Gasteiger partial charge in [0.05, 0.1) is 24.9 Å². The molecule has 0 amide bonds. The second kappa shape index (κ2) is 7.00. The quantitative estimate of drug-likeness (QED) is 0.856. The van der Waals surface area contributed by atoms with Crippen molar-refractivity contribution in [2.24, 2.45) is 0 Å². The van der Waals surface area contributed by atoms with E-state index in [2.05, 4.69) is 20.2 Å². The predicted octanol–water partition coefficient (Wildman–Crippen LogP) is 2.33. The van der Waals surface area contributed by atoms with Crippen molar-refractivity contribution >= 4 is 11.3 Å². The fourth-order valence-corrected chi connectivity index (χ4v) is 3.98. The van der Waals surface area contributed by atoms with E-state index in [-0.39, 0.29) is 6.29 Å². The van der Waals surface area contributed by atoms with E-state index in [1.165, 1.54) is 12.8 Å². The molecule has 0 saturated carbocycles. The summed E-state index contributed by atoms with van der Waals surface area (Å²) in [5.74, 6) is 0.696. The predicted molar refractivity (Wildman–Crippen MR) is 86.9 cm³/mol. The average molecular weight is 332 g/mol. The summed E-state index contributed by atoms with van der Waals surface area (Å²) in [6.07, 6.45) is 7.01. The van der Waals surface area contributed by atoms with Crippen LogP contribution in [-0.2, 0) is 16.0 Å². The van der Waals surface area contributed by atoms with Gasteiger partial charge in [0.25, 0.3) is 0 Å². The molecule has 7 heteroatoms. The second-order valence-corrected chi connectivity index (χ2v) is 6.72. The lowest BCUT2D eigenvalue weighted by Gasteiger charge is -2.37. The average Bonchev–Trinajstić information content (AvgIpc) is 3.28. The molecule has 1 atom stereocenters. The Morgan fingerprint density at radius 1 is 1.17 bits per heavy atom. The Kier molecular flexibility index (Phi) is 4.61. The van der Waals surface area contributed by atoms with Gasteiger partial charge in [-0.2, -0.15) is 0 Å². The molecule has 0 bridgehead atoms. The Hall–Kier alpha value is -1.41. The van der Waals surface area contributed by atoms with Crippen LogP contribution in [-0.4, -0.2) is 51.9 Å². The number of hydrogen-bond donors (Lipinski definition) is 0. The van der Waals surface area contributed by atoms with E-state index in [4.69, 9.17) is 14.5 Å². The molecule has 6 nitrogen and oxygen atoms in total. The Morgan fingerprint density at radius 2 is 2.00 bits per heavy atom. The molecule has 0 radical (unpaired) electrons. The molecule has 0 N–H and O–H groups in total. The summed E-state index contributed by atoms with van der Waals surface area (Å²) in [6.45, 7) is 3.32. The van der Waals surface area contributed by atoms with E-state index in [1.807, 2.05) is 6.07 Å². The molecule has 0 spiro atoms. The largest absolute Gasteiger partial charge is 0.349 e. The Morgan fingerprint density at radius 3 is 2.83 bits per heavy atom. The summed E-state index contributed by atoms with van der Waals surface area (Å²) >= 11 is 1.60. The standard InChI is InChI=1S/C16H20N4O2S/c1-2-7-20(13(4-1)16-21-8-9-22-16)10-12-11-23-15(19-12)14-17-5-3-6-18-14/h3,5-6,11,13,16H,1-2,4,7-10H2. The van der Waals surface area contributed by atoms with Crippen molar-refractivity contribution in [3.8, 4) is 10.8 Å². The maximum absolute atomic E-state index is 5.73. The minimum atomic E-state index is -0.0779. The van der Waals surface area contributed by atoms with Gasteiger partial charge in [0.2, 0.25) is 0 Å². The van der Waals surface area contributed by atoms with E-state index in [0.29, 0.717) is 25.1 Å². The van der Waals surface area contributed by atoms with E-state index < -0.39 is 0 Å². The molecule has 4 rings (SSSR count). The highest BCUT2D eigenvalue weighted by Gasteiger charge is 2.33. The zero-order chi connectivity index (χ0) is 15.5. The van der Waals surface area contributed by atoms with Crippen molar-refractivity contribution in [2.75, 3.05) is 19.8 Å². The molecule has 0 aromatic carbocycles. The molecule has 23 heavy (non-hydrogen) atoms. The van der Waals surface area contributed by atoms with Crippen molar-refractivity contribution < 1.29 is 9.47 Å². The molecule has 2 aliphatic rings. The maximum Gasteiger partial charge on any atom is 0.188 e. The number of nitrogens with zero attached hydrogens (tertiary/aromatic N) is 4. The smallest absolute Gasteiger partial charge is 0.188 e. The van der Waals surface area contributed by atoms with Crippen LogP contribution in [0, 0.1) is 0 Å². The zero-order valence-corrected chi connectivity index (χ0v) is 13.7. The van der Waals surface area contributed by atoms with Crippen LogP contribution in [0.3, 0.4) is 0 Å². The van der Waals surface area contributed by atoms with Crippen molar-refractivity contribution in [2.45, 2.75) is 38.1 Å². The molecule has 2 aliphatic heterocycles. The number of hydrogen-bond acceptors (Lipinski definition) is 7. The third-order valence-corrected chi connectivity index (χ3v) is 5.19. The van der Waals surface area contributed by atoms with Crippen LogP contribution in [0.2, 0.25) is 0 Å². The van der Waals surface area contributed by atoms with Gasteiger partial charge in [0.15, 0.2) is 17.1 Å². The normalized spacial score (nSPS) is 23.4. The zero-order valence-electron chi connectivity index (χ0n) is 12.9. The number of aromatic nitrogens is 3. The summed E-state index contributed by atoms with van der Waals surface area (Å²) in [6, 6.07) is 2.15. The lowest BCUT2D eigenvalue weighted by Crippen LogP contribution is -2.46. The Bertz CT molecular complexity index is 630. The van der Waals surface area contributed by atoms with Gasteiger partial charge >= 0.3 is 0 Å². The molecular formula is C16H20N4O2S. The number of piperidine rings is 1. The molecule has 2 aromatic heterocycles. The van der Waals surface area contributed by atoms with Gasteiger partial charge in [-0.25, -0.2) is 15.0 Å². The van der Waals surface area contributed by atoms with Gasteiger partial charge in [0, 0.05) is 24.3 Å². The highest BCUT2D eigenvalue weighted by Crippen LogP contribution is 2.27. The molecule has 122 valence electrons. The van der Waals surface area contributed by atoms with E-state index in [1.54, 1.807) is 23.7 Å². The molecule has 2 fully saturated rings. The van der Waals surface area contributed by atoms with Gasteiger partial charge in [-0.15, -0.1) is 11.3 Å². The third-order valence-electron chi connectivity index (χ3n) is 4.30. The Labute approximate surface area is 139 Å². The summed E-state index contributed by atoms with van der Waals surface area (Å²) in [4.78, 5) is 15.7. The van der Waals surface area contributed by atoms with Crippen LogP contribution in [0.15, 0.2) is 23.8 Å². The number of rotatable bonds is 4. The van der Waals surface area contributed by atoms with E-state index >= 15 is 0 Å². The number of likely N-dealkylation sites (tertiary alicyclic amines) is 1. The van der Waals surface area contributed by atoms with Crippen LogP contribution in [0.25, 0.3) is 10.8 Å². The SMILES string of the molecule is c1cnc(-c2nc(CN3CCCCC3C3OCCO3)cs2)nc1. The topological polar surface area (TPSA) is 60.4 Å². The Balaban J connectivity index is 1.47. The maximum atomic E-state index is 5.73. The third kappa shape index (κ3) is 3.42. The highest BCUT2D eigenvalue weighted by atomic mass is 32.1. The fourth-order valence-electron chi connectivity index (χ4n) is 3.22. The van der Waals surface area contributed by atoms with Crippen LogP contribution >= 0.6 is 11.3 Å². The van der Waals surface area contributed by atoms with Gasteiger partial charge in [-0.3, -0.25) is 4.90 Å². The van der Waals surface area contributed by atoms with Gasteiger partial charge in [-0.1, -0.05) is 6.42 Å². The van der Waals surface area contributed by atoms with Crippen molar-refractivity contribution in [3.05, 3.63) is 29.5 Å². The molecule has 0 aliphatic carbocycles. The lowest BCUT2D eigenvalue weighted by atomic mass is 10.0. The van der Waals surface area contributed by atoms with Gasteiger partial charge < -0.3 is 9.47 Å². The fraction of sp³-hybridized carbons (Fsp3) is 0.562. The van der Waals surface area contributed by atoms with Crippen LogP contribution in [0.5, 0.6) is 0 Å². The molecule has 2 saturated heterocycles. The van der Waals surface area contributed by atoms with Gasteiger partial charge in [0.1, 0.15) is 0 Å². The second-order valence-electron chi connectivity index (χ2n) is 5.86. The number of ether oxygens (including phenoxy) is 2. The van der Waals surface area contributed by atoms with Crippen molar-refractivity contribution in [3.63, 3.8) is 0 Å². The van der Waals surface area contributed by atoms with Gasteiger partial charge in [-0.05, 0) is 25.5 Å². The first-order chi connectivity index (χ1) is 11.4. The summed E-state index contributed by atoms with van der Waals surface area (Å²) < 4.78 is 11.5.